The lowest BCUT2D eigenvalue weighted by atomic mass is 9.73. The lowest BCUT2D eigenvalue weighted by molar-refractivity contribution is -0.141. The van der Waals surface area contributed by atoms with Gasteiger partial charge in [0.05, 0.1) is 13.0 Å². The van der Waals surface area contributed by atoms with Crippen LogP contribution in [0.15, 0.2) is 84.5 Å². The molecule has 1 aliphatic rings. The molecule has 0 saturated heterocycles. The number of allylic oxidation sites excluding steroid dienone is 1. The Kier molecular flexibility index (Phi) is 10.9. The highest BCUT2D eigenvalue weighted by molar-refractivity contribution is 5.86. The maximum Gasteiger partial charge on any atom is 0.318 e. The number of carboxylic acids is 3. The van der Waals surface area contributed by atoms with Gasteiger partial charge in [0.2, 0.25) is 0 Å². The highest BCUT2D eigenvalue weighted by atomic mass is 16.4. The molecular formula is C26H30O8. The predicted molar refractivity (Wildman–Crippen MR) is 126 cm³/mol. The highest BCUT2D eigenvalue weighted by Crippen LogP contribution is 2.36. The number of aliphatic hydroxyl groups is 2. The highest BCUT2D eigenvalue weighted by Gasteiger charge is 2.40. The quantitative estimate of drug-likeness (QED) is 0.432. The summed E-state index contributed by atoms with van der Waals surface area (Å²) in [6.07, 6.45) is 5.04. The molecule has 2 unspecified atom stereocenters. The summed E-state index contributed by atoms with van der Waals surface area (Å²) in [5.74, 6) is -2.57. The predicted octanol–water partition coefficient (Wildman–Crippen LogP) is 3.04. The Labute approximate surface area is 198 Å². The van der Waals surface area contributed by atoms with Crippen molar-refractivity contribution in [1.29, 1.82) is 0 Å². The number of carboxylic acid groups (broad SMARTS) is 3. The SMILES string of the molecule is CC(=O)O.CC(C(=O)O)(C1=CCC(O)(CO)C=C1)c1ccccc1.O=C(O)Cc1ccccc1. The number of benzene rings is 2. The minimum atomic E-state index is -1.29. The Hall–Kier alpha value is -3.75. The van der Waals surface area contributed by atoms with Gasteiger partial charge in [-0.05, 0) is 23.6 Å². The molecule has 8 heteroatoms. The van der Waals surface area contributed by atoms with Crippen LogP contribution < -0.4 is 0 Å². The van der Waals surface area contributed by atoms with E-state index in [1.807, 2.05) is 24.3 Å². The molecule has 0 aliphatic heterocycles. The van der Waals surface area contributed by atoms with E-state index in [0.29, 0.717) is 11.1 Å². The summed E-state index contributed by atoms with van der Waals surface area (Å²) < 4.78 is 0. The van der Waals surface area contributed by atoms with E-state index in [2.05, 4.69) is 0 Å². The average molecular weight is 471 g/mol. The maximum absolute atomic E-state index is 11.8. The van der Waals surface area contributed by atoms with Gasteiger partial charge in [-0.2, -0.15) is 0 Å². The van der Waals surface area contributed by atoms with Crippen LogP contribution in [0.1, 0.15) is 31.4 Å². The van der Waals surface area contributed by atoms with Gasteiger partial charge in [0.25, 0.3) is 5.97 Å². The number of rotatable bonds is 6. The molecule has 2 aromatic carbocycles. The minimum Gasteiger partial charge on any atom is -0.481 e. The number of aliphatic hydroxyl groups excluding tert-OH is 1. The molecule has 8 nitrogen and oxygen atoms in total. The Morgan fingerprint density at radius 1 is 0.941 bits per heavy atom. The summed E-state index contributed by atoms with van der Waals surface area (Å²) in [4.78, 5) is 30.9. The Morgan fingerprint density at radius 2 is 1.44 bits per heavy atom. The van der Waals surface area contributed by atoms with Crippen LogP contribution in [0.3, 0.4) is 0 Å². The van der Waals surface area contributed by atoms with Gasteiger partial charge in [0, 0.05) is 13.3 Å². The molecule has 34 heavy (non-hydrogen) atoms. The van der Waals surface area contributed by atoms with E-state index in [1.54, 1.807) is 55.5 Å². The van der Waals surface area contributed by atoms with Crippen LogP contribution in [0.25, 0.3) is 0 Å². The summed E-state index contributed by atoms with van der Waals surface area (Å²) in [6, 6.07) is 18.1. The van der Waals surface area contributed by atoms with Gasteiger partial charge in [-0.3, -0.25) is 14.4 Å². The number of carbonyl (C=O) groups is 3. The molecule has 1 aliphatic carbocycles. The smallest absolute Gasteiger partial charge is 0.318 e. The molecule has 182 valence electrons. The fourth-order valence-corrected chi connectivity index (χ4v) is 3.11. The Morgan fingerprint density at radius 3 is 1.82 bits per heavy atom. The lowest BCUT2D eigenvalue weighted by Gasteiger charge is -2.32. The molecule has 5 N–H and O–H groups in total. The molecule has 2 atom stereocenters. The van der Waals surface area contributed by atoms with Crippen LogP contribution in [-0.2, 0) is 26.2 Å². The van der Waals surface area contributed by atoms with Gasteiger partial charge in [-0.15, -0.1) is 0 Å². The molecule has 0 bridgehead atoms. The third-order valence-electron chi connectivity index (χ3n) is 5.08. The molecule has 0 amide bonds. The molecule has 0 heterocycles. The van der Waals surface area contributed by atoms with E-state index in [4.69, 9.17) is 20.1 Å². The van der Waals surface area contributed by atoms with Crippen molar-refractivity contribution in [2.45, 2.75) is 37.7 Å². The summed E-state index contributed by atoms with van der Waals surface area (Å²) in [5, 5.41) is 44.5. The third-order valence-corrected chi connectivity index (χ3v) is 5.08. The summed E-state index contributed by atoms with van der Waals surface area (Å²) in [6.45, 7) is 2.34. The molecule has 3 rings (SSSR count). The molecule has 0 spiro atoms. The average Bonchev–Trinajstić information content (AvgIpc) is 2.80. The largest absolute Gasteiger partial charge is 0.481 e. The normalized spacial score (nSPS) is 18.1. The zero-order valence-corrected chi connectivity index (χ0v) is 19.1. The van der Waals surface area contributed by atoms with Gasteiger partial charge < -0.3 is 25.5 Å². The lowest BCUT2D eigenvalue weighted by Crippen LogP contribution is -2.38. The first-order valence-electron chi connectivity index (χ1n) is 10.4. The second-order valence-electron chi connectivity index (χ2n) is 7.83. The van der Waals surface area contributed by atoms with E-state index < -0.39 is 28.9 Å². The zero-order valence-electron chi connectivity index (χ0n) is 19.1. The van der Waals surface area contributed by atoms with Crippen molar-refractivity contribution in [2.75, 3.05) is 6.61 Å². The number of aliphatic carboxylic acids is 3. The molecule has 0 radical (unpaired) electrons. The van der Waals surface area contributed by atoms with E-state index in [-0.39, 0.29) is 19.4 Å². The fourth-order valence-electron chi connectivity index (χ4n) is 3.11. The molecule has 0 aromatic heterocycles. The first kappa shape index (κ1) is 28.3. The number of hydrogen-bond donors (Lipinski definition) is 5. The van der Waals surface area contributed by atoms with Crippen LogP contribution in [0.2, 0.25) is 0 Å². The van der Waals surface area contributed by atoms with Gasteiger partial charge in [-0.1, -0.05) is 78.9 Å². The van der Waals surface area contributed by atoms with Crippen molar-refractivity contribution >= 4 is 17.9 Å². The Balaban J connectivity index is 0.000000343. The Bertz CT molecular complexity index is 1010. The van der Waals surface area contributed by atoms with Crippen molar-refractivity contribution in [2.24, 2.45) is 0 Å². The van der Waals surface area contributed by atoms with Gasteiger partial charge >= 0.3 is 11.9 Å². The molecule has 0 fully saturated rings. The summed E-state index contributed by atoms with van der Waals surface area (Å²) in [7, 11) is 0. The zero-order chi connectivity index (χ0) is 25.8. The second-order valence-corrected chi connectivity index (χ2v) is 7.83. The van der Waals surface area contributed by atoms with Crippen molar-refractivity contribution in [3.63, 3.8) is 0 Å². The summed E-state index contributed by atoms with van der Waals surface area (Å²) in [5.41, 5.74) is -0.337. The van der Waals surface area contributed by atoms with Gasteiger partial charge in [0.1, 0.15) is 11.0 Å². The van der Waals surface area contributed by atoms with Gasteiger partial charge in [-0.25, -0.2) is 0 Å². The molecule has 2 aromatic rings. The van der Waals surface area contributed by atoms with Crippen LogP contribution in [0, 0.1) is 0 Å². The first-order valence-corrected chi connectivity index (χ1v) is 10.4. The van der Waals surface area contributed by atoms with Crippen LogP contribution in [-0.4, -0.2) is 55.6 Å². The first-order chi connectivity index (χ1) is 15.9. The van der Waals surface area contributed by atoms with Crippen molar-refractivity contribution < 1.29 is 39.9 Å². The van der Waals surface area contributed by atoms with Crippen molar-refractivity contribution in [1.82, 2.24) is 0 Å². The summed E-state index contributed by atoms with van der Waals surface area (Å²) >= 11 is 0. The maximum atomic E-state index is 11.8. The number of hydrogen-bond acceptors (Lipinski definition) is 5. The van der Waals surface area contributed by atoms with Crippen LogP contribution in [0.4, 0.5) is 0 Å². The van der Waals surface area contributed by atoms with Gasteiger partial charge in [0.15, 0.2) is 0 Å². The molecule has 0 saturated carbocycles. The monoisotopic (exact) mass is 470 g/mol. The van der Waals surface area contributed by atoms with Crippen LogP contribution >= 0.6 is 0 Å². The van der Waals surface area contributed by atoms with Crippen molar-refractivity contribution in [3.05, 3.63) is 95.6 Å². The third kappa shape index (κ3) is 8.65. The topological polar surface area (TPSA) is 152 Å². The second kappa shape index (κ2) is 13.1. The van der Waals surface area contributed by atoms with E-state index in [0.717, 1.165) is 12.5 Å². The minimum absolute atomic E-state index is 0.112. The van der Waals surface area contributed by atoms with Crippen molar-refractivity contribution in [3.8, 4) is 0 Å². The molecular weight excluding hydrogens is 440 g/mol. The fraction of sp³-hybridized carbons (Fsp3) is 0.269. The van der Waals surface area contributed by atoms with E-state index in [1.165, 1.54) is 6.08 Å². The van der Waals surface area contributed by atoms with E-state index in [9.17, 15) is 19.8 Å². The van der Waals surface area contributed by atoms with E-state index >= 15 is 0 Å². The standard InChI is InChI=1S/C16H18O4.C8H8O2.C2H4O2/c1-15(14(18)19,12-5-3-2-4-6-12)13-7-9-16(20,11-17)10-8-13;9-8(10)6-7-4-2-1-3-5-7;1-2(3)4/h2-9,17,20H,10-11H2,1H3,(H,18,19);1-5H,6H2,(H,9,10);1H3,(H,3,4). The van der Waals surface area contributed by atoms with Crippen LogP contribution in [0.5, 0.6) is 0 Å².